The minimum absolute atomic E-state index is 0.0321. The third-order valence-electron chi connectivity index (χ3n) is 5.26. The second-order valence-electron chi connectivity index (χ2n) is 7.50. The van der Waals surface area contributed by atoms with Gasteiger partial charge in [-0.05, 0) is 35.8 Å². The highest BCUT2D eigenvalue weighted by Gasteiger charge is 2.20. The summed E-state index contributed by atoms with van der Waals surface area (Å²) < 4.78 is 4.51. The second-order valence-corrected chi connectivity index (χ2v) is 8.23. The maximum atomic E-state index is 12.6. The number of aromatic nitrogens is 2. The molecule has 32 heavy (non-hydrogen) atoms. The Morgan fingerprint density at radius 1 is 1.06 bits per heavy atom. The van der Waals surface area contributed by atoms with Crippen molar-refractivity contribution in [3.63, 3.8) is 0 Å². The normalized spacial score (nSPS) is 14.5. The molecule has 0 aliphatic carbocycles. The number of non-ortho nitro benzene ring substituents is 1. The fraction of sp³-hybridized carbons (Fsp3) is 0.261. The maximum absolute atomic E-state index is 12.6. The number of hydrogen-bond acceptors (Lipinski definition) is 7. The van der Waals surface area contributed by atoms with Crippen LogP contribution in [-0.2, 0) is 11.2 Å². The van der Waals surface area contributed by atoms with E-state index in [1.807, 2.05) is 23.1 Å². The summed E-state index contributed by atoms with van der Waals surface area (Å²) in [5, 5.41) is 11.6. The van der Waals surface area contributed by atoms with Gasteiger partial charge in [-0.25, -0.2) is 4.98 Å². The molecule has 0 saturated carbocycles. The minimum Gasteiger partial charge on any atom is -0.345 e. The molecule has 0 spiro atoms. The van der Waals surface area contributed by atoms with E-state index >= 15 is 0 Å². The van der Waals surface area contributed by atoms with Crippen LogP contribution in [0.1, 0.15) is 23.4 Å². The molecule has 1 amide bonds. The van der Waals surface area contributed by atoms with Crippen LogP contribution < -0.4 is 4.90 Å². The molecule has 2 aromatic carbocycles. The molecule has 1 aliphatic rings. The van der Waals surface area contributed by atoms with E-state index in [1.54, 1.807) is 18.2 Å². The number of hydrogen-bond donors (Lipinski definition) is 0. The molecule has 0 unspecified atom stereocenters. The van der Waals surface area contributed by atoms with Gasteiger partial charge in [-0.3, -0.25) is 14.9 Å². The van der Waals surface area contributed by atoms with Gasteiger partial charge in [0.25, 0.3) is 5.69 Å². The van der Waals surface area contributed by atoms with Gasteiger partial charge in [0.1, 0.15) is 5.82 Å². The first-order chi connectivity index (χ1) is 15.6. The van der Waals surface area contributed by atoms with Gasteiger partial charge in [-0.1, -0.05) is 30.3 Å². The van der Waals surface area contributed by atoms with Crippen molar-refractivity contribution >= 4 is 34.3 Å². The molecule has 0 N–H and O–H groups in total. The highest BCUT2D eigenvalue weighted by atomic mass is 32.1. The average molecular weight is 450 g/mol. The molecule has 1 fully saturated rings. The van der Waals surface area contributed by atoms with Crippen LogP contribution in [0.2, 0.25) is 0 Å². The van der Waals surface area contributed by atoms with Crippen molar-refractivity contribution in [3.8, 4) is 0 Å². The van der Waals surface area contributed by atoms with Gasteiger partial charge in [-0.2, -0.15) is 4.37 Å². The van der Waals surface area contributed by atoms with Crippen LogP contribution in [0.4, 0.5) is 10.8 Å². The molecule has 164 valence electrons. The second kappa shape index (κ2) is 10.1. The number of amides is 1. The summed E-state index contributed by atoms with van der Waals surface area (Å²) in [7, 11) is 0. The lowest BCUT2D eigenvalue weighted by Crippen LogP contribution is -2.34. The highest BCUT2D eigenvalue weighted by molar-refractivity contribution is 7.09. The first-order valence-electron chi connectivity index (χ1n) is 10.4. The van der Waals surface area contributed by atoms with Crippen molar-refractivity contribution in [1.29, 1.82) is 0 Å². The van der Waals surface area contributed by atoms with Crippen molar-refractivity contribution in [2.75, 3.05) is 31.1 Å². The molecule has 3 aromatic rings. The van der Waals surface area contributed by atoms with Crippen molar-refractivity contribution in [1.82, 2.24) is 14.3 Å². The predicted octanol–water partition coefficient (Wildman–Crippen LogP) is 3.79. The monoisotopic (exact) mass is 449 g/mol. The van der Waals surface area contributed by atoms with Gasteiger partial charge in [0.2, 0.25) is 11.0 Å². The summed E-state index contributed by atoms with van der Waals surface area (Å²) in [6.07, 6.45) is 4.78. The molecule has 1 aliphatic heterocycles. The van der Waals surface area contributed by atoms with E-state index in [4.69, 9.17) is 4.98 Å². The molecule has 4 rings (SSSR count). The molecule has 2 heterocycles. The van der Waals surface area contributed by atoms with Gasteiger partial charge in [-0.15, -0.1) is 0 Å². The van der Waals surface area contributed by atoms with Crippen LogP contribution in [0.15, 0.2) is 60.7 Å². The zero-order valence-corrected chi connectivity index (χ0v) is 18.3. The number of carbonyl (C=O) groups excluding carboxylic acids is 1. The number of nitro groups is 1. The third-order valence-corrected chi connectivity index (χ3v) is 6.08. The number of carbonyl (C=O) groups is 1. The SMILES string of the molecule is O=C(/C=C/c1ccc([N+](=O)[O-])cc1)N1CCCN(c2nc(Cc3ccccc3)ns2)CC1. The topological polar surface area (TPSA) is 92.5 Å². The molecule has 1 aromatic heterocycles. The van der Waals surface area contributed by atoms with E-state index in [0.717, 1.165) is 29.5 Å². The Hall–Kier alpha value is -3.59. The minimum atomic E-state index is -0.440. The van der Waals surface area contributed by atoms with Gasteiger partial charge in [0, 0.05) is 62.3 Å². The molecular formula is C23H23N5O3S. The zero-order valence-electron chi connectivity index (χ0n) is 17.5. The van der Waals surface area contributed by atoms with E-state index in [-0.39, 0.29) is 11.6 Å². The Kier molecular flexibility index (Phi) is 6.86. The van der Waals surface area contributed by atoms with Gasteiger partial charge < -0.3 is 9.80 Å². The fourth-order valence-electron chi connectivity index (χ4n) is 3.53. The van der Waals surface area contributed by atoms with Crippen LogP contribution in [-0.4, -0.2) is 51.3 Å². The van der Waals surface area contributed by atoms with Crippen LogP contribution in [0.25, 0.3) is 6.08 Å². The Morgan fingerprint density at radius 2 is 1.84 bits per heavy atom. The van der Waals surface area contributed by atoms with Gasteiger partial charge >= 0.3 is 0 Å². The Bertz CT molecular complexity index is 1100. The van der Waals surface area contributed by atoms with E-state index in [0.29, 0.717) is 26.1 Å². The Balaban J connectivity index is 1.32. The van der Waals surface area contributed by atoms with Crippen molar-refractivity contribution in [2.24, 2.45) is 0 Å². The average Bonchev–Trinajstić information content (AvgIpc) is 3.13. The standard InChI is InChI=1S/C23H23N5O3S/c29-22(12-9-18-7-10-20(11-8-18)28(30)31)26-13-4-14-27(16-15-26)23-24-21(25-32-23)17-19-5-2-1-3-6-19/h1-3,5-12H,4,13-17H2/b12-9+. The molecule has 9 heteroatoms. The lowest BCUT2D eigenvalue weighted by Gasteiger charge is -2.20. The number of anilines is 1. The van der Waals surface area contributed by atoms with Crippen LogP contribution in [0, 0.1) is 10.1 Å². The lowest BCUT2D eigenvalue weighted by molar-refractivity contribution is -0.384. The molecule has 0 radical (unpaired) electrons. The number of benzene rings is 2. The van der Waals surface area contributed by atoms with Gasteiger partial charge in [0.05, 0.1) is 4.92 Å². The van der Waals surface area contributed by atoms with E-state index in [9.17, 15) is 14.9 Å². The number of rotatable bonds is 6. The summed E-state index contributed by atoms with van der Waals surface area (Å²) >= 11 is 1.40. The zero-order chi connectivity index (χ0) is 22.3. The van der Waals surface area contributed by atoms with Crippen LogP contribution in [0.3, 0.4) is 0 Å². The largest absolute Gasteiger partial charge is 0.345 e. The Morgan fingerprint density at radius 3 is 2.59 bits per heavy atom. The predicted molar refractivity (Wildman–Crippen MR) is 125 cm³/mol. The summed E-state index contributed by atoms with van der Waals surface area (Å²) in [5.41, 5.74) is 1.97. The summed E-state index contributed by atoms with van der Waals surface area (Å²) in [4.78, 5) is 31.7. The molecule has 8 nitrogen and oxygen atoms in total. The van der Waals surface area contributed by atoms with E-state index < -0.39 is 4.92 Å². The molecule has 1 saturated heterocycles. The first kappa shape index (κ1) is 21.6. The third kappa shape index (κ3) is 5.55. The number of nitro benzene ring substituents is 1. The van der Waals surface area contributed by atoms with Crippen LogP contribution >= 0.6 is 11.5 Å². The first-order valence-corrected chi connectivity index (χ1v) is 11.2. The quantitative estimate of drug-likeness (QED) is 0.323. The smallest absolute Gasteiger partial charge is 0.269 e. The van der Waals surface area contributed by atoms with Crippen molar-refractivity contribution in [3.05, 3.63) is 87.7 Å². The summed E-state index contributed by atoms with van der Waals surface area (Å²) in [6, 6.07) is 16.3. The Labute approximate surface area is 190 Å². The highest BCUT2D eigenvalue weighted by Crippen LogP contribution is 2.21. The molecule has 0 atom stereocenters. The maximum Gasteiger partial charge on any atom is 0.269 e. The van der Waals surface area contributed by atoms with E-state index in [1.165, 1.54) is 35.3 Å². The van der Waals surface area contributed by atoms with Crippen molar-refractivity contribution < 1.29 is 9.72 Å². The summed E-state index contributed by atoms with van der Waals surface area (Å²) in [6.45, 7) is 2.82. The molecule has 0 bridgehead atoms. The fourth-order valence-corrected chi connectivity index (χ4v) is 4.27. The molecular weight excluding hydrogens is 426 g/mol. The van der Waals surface area contributed by atoms with E-state index in [2.05, 4.69) is 21.4 Å². The lowest BCUT2D eigenvalue weighted by atomic mass is 10.1. The number of nitrogens with zero attached hydrogens (tertiary/aromatic N) is 5. The summed E-state index contributed by atoms with van der Waals surface area (Å²) in [5.74, 6) is 0.756. The van der Waals surface area contributed by atoms with Crippen molar-refractivity contribution in [2.45, 2.75) is 12.8 Å². The van der Waals surface area contributed by atoms with Crippen LogP contribution in [0.5, 0.6) is 0 Å². The van der Waals surface area contributed by atoms with Gasteiger partial charge in [0.15, 0.2) is 0 Å².